The van der Waals surface area contributed by atoms with E-state index < -0.39 is 16.1 Å². The molecule has 0 amide bonds. The summed E-state index contributed by atoms with van der Waals surface area (Å²) in [5, 5.41) is 11.3. The quantitative estimate of drug-likeness (QED) is 0.324. The van der Waals surface area contributed by atoms with Gasteiger partial charge in [0.05, 0.1) is 29.4 Å². The van der Waals surface area contributed by atoms with Crippen LogP contribution in [0, 0.1) is 5.41 Å². The van der Waals surface area contributed by atoms with Gasteiger partial charge >= 0.3 is 16.1 Å². The molecule has 1 aliphatic carbocycles. The number of hydrogen-bond donors (Lipinski definition) is 3. The van der Waals surface area contributed by atoms with Gasteiger partial charge < -0.3 is 15.7 Å². The topological polar surface area (TPSA) is 167 Å². The number of nitrogens with one attached hydrogen (secondary N) is 1. The van der Waals surface area contributed by atoms with Crippen LogP contribution in [-0.2, 0) is 14.3 Å². The van der Waals surface area contributed by atoms with E-state index in [1.54, 1.807) is 10.9 Å². The molecule has 152 valence electrons. The molecule has 4 rings (SSSR count). The van der Waals surface area contributed by atoms with Crippen LogP contribution in [0.15, 0.2) is 42.7 Å². The Morgan fingerprint density at radius 1 is 1.24 bits per heavy atom. The molecule has 1 aromatic carbocycles. The van der Waals surface area contributed by atoms with Gasteiger partial charge in [0.2, 0.25) is 0 Å². The predicted molar refractivity (Wildman–Crippen MR) is 107 cm³/mol. The fraction of sp³-hybridized carbons (Fsp3) is 0.222. The SMILES string of the molecule is CS(=O)(=O)OC(=O)c1cnn(-c2cccc3ncccc23)c1C1CC1.N=C(N)N. The van der Waals surface area contributed by atoms with Crippen LogP contribution in [0.5, 0.6) is 0 Å². The highest BCUT2D eigenvalue weighted by Crippen LogP contribution is 2.43. The fourth-order valence-electron chi connectivity index (χ4n) is 2.91. The highest BCUT2D eigenvalue weighted by atomic mass is 32.2. The van der Waals surface area contributed by atoms with Gasteiger partial charge in [0.15, 0.2) is 5.96 Å². The number of carbonyl (C=O) groups excluding carboxylic acids is 1. The minimum absolute atomic E-state index is 0.163. The van der Waals surface area contributed by atoms with E-state index >= 15 is 0 Å². The van der Waals surface area contributed by atoms with Gasteiger partial charge in [-0.1, -0.05) is 6.07 Å². The summed E-state index contributed by atoms with van der Waals surface area (Å²) in [4.78, 5) is 16.6. The smallest absolute Gasteiger partial charge is 0.357 e. The standard InChI is InChI=1S/C17H15N3O4S.CH5N3/c1-25(22,23)24-17(21)13-10-19-20(16(13)11-7-8-11)15-6-2-5-14-12(15)4-3-9-18-14;2-1(3)4/h2-6,9-11H,7-8H2,1H3;(H5,2,3,4). The van der Waals surface area contributed by atoms with Crippen molar-refractivity contribution >= 4 is 32.9 Å². The first-order chi connectivity index (χ1) is 13.7. The average Bonchev–Trinajstić information content (AvgIpc) is 3.37. The molecule has 5 N–H and O–H groups in total. The second kappa shape index (κ2) is 7.87. The summed E-state index contributed by atoms with van der Waals surface area (Å²) in [7, 11) is -3.88. The lowest BCUT2D eigenvalue weighted by molar-refractivity contribution is 0.0747. The van der Waals surface area contributed by atoms with Gasteiger partial charge in [-0.2, -0.15) is 13.5 Å². The average molecular weight is 416 g/mol. The Balaban J connectivity index is 0.000000552. The number of benzene rings is 1. The van der Waals surface area contributed by atoms with Gasteiger partial charge in [-0.15, -0.1) is 0 Å². The third kappa shape index (κ3) is 4.88. The molecule has 10 nitrogen and oxygen atoms in total. The highest BCUT2D eigenvalue weighted by molar-refractivity contribution is 7.86. The van der Waals surface area contributed by atoms with Gasteiger partial charge in [0.1, 0.15) is 5.56 Å². The van der Waals surface area contributed by atoms with E-state index in [4.69, 9.17) is 5.41 Å². The normalized spacial score (nSPS) is 13.4. The van der Waals surface area contributed by atoms with E-state index in [0.717, 1.165) is 35.7 Å². The number of guanidine groups is 1. The molecule has 0 unspecified atom stereocenters. The summed E-state index contributed by atoms with van der Waals surface area (Å²) < 4.78 is 28.8. The minimum atomic E-state index is -3.88. The second-order valence-electron chi connectivity index (χ2n) is 6.51. The number of aromatic nitrogens is 3. The van der Waals surface area contributed by atoms with E-state index in [9.17, 15) is 13.2 Å². The zero-order chi connectivity index (χ0) is 21.2. The van der Waals surface area contributed by atoms with Crippen molar-refractivity contribution in [2.24, 2.45) is 11.5 Å². The van der Waals surface area contributed by atoms with Crippen molar-refractivity contribution in [2.45, 2.75) is 18.8 Å². The molecule has 0 aliphatic heterocycles. The Hall–Kier alpha value is -3.47. The molecule has 1 saturated carbocycles. The summed E-state index contributed by atoms with van der Waals surface area (Å²) in [6, 6.07) is 9.44. The zero-order valence-electron chi connectivity index (χ0n) is 15.6. The van der Waals surface area contributed by atoms with Gasteiger partial charge in [-0.25, -0.2) is 9.48 Å². The van der Waals surface area contributed by atoms with Crippen molar-refractivity contribution in [3.8, 4) is 5.69 Å². The molecule has 3 aromatic rings. The lowest BCUT2D eigenvalue weighted by Gasteiger charge is -2.11. The maximum Gasteiger partial charge on any atom is 0.357 e. The van der Waals surface area contributed by atoms with Gasteiger partial charge in [-0.05, 0) is 37.1 Å². The Morgan fingerprint density at radius 3 is 2.55 bits per heavy atom. The number of nitrogens with zero attached hydrogens (tertiary/aromatic N) is 3. The van der Waals surface area contributed by atoms with Crippen molar-refractivity contribution in [1.29, 1.82) is 5.41 Å². The predicted octanol–water partition coefficient (Wildman–Crippen LogP) is 1.25. The van der Waals surface area contributed by atoms with Crippen LogP contribution in [-0.4, -0.2) is 41.4 Å². The Morgan fingerprint density at radius 2 is 1.93 bits per heavy atom. The first-order valence-electron chi connectivity index (χ1n) is 8.62. The van der Waals surface area contributed by atoms with Crippen LogP contribution in [0.4, 0.5) is 0 Å². The monoisotopic (exact) mass is 416 g/mol. The lowest BCUT2D eigenvalue weighted by Crippen LogP contribution is -2.20. The maximum absolute atomic E-state index is 12.3. The zero-order valence-corrected chi connectivity index (χ0v) is 16.4. The maximum atomic E-state index is 12.3. The van der Waals surface area contributed by atoms with Crippen molar-refractivity contribution < 1.29 is 17.4 Å². The number of nitrogens with two attached hydrogens (primary N) is 2. The largest absolute Gasteiger partial charge is 0.370 e. The van der Waals surface area contributed by atoms with E-state index in [2.05, 4.69) is 25.7 Å². The van der Waals surface area contributed by atoms with Gasteiger partial charge in [0, 0.05) is 17.5 Å². The molecule has 0 saturated heterocycles. The summed E-state index contributed by atoms with van der Waals surface area (Å²) in [5.41, 5.74) is 11.4. The first kappa shape index (κ1) is 20.3. The van der Waals surface area contributed by atoms with E-state index in [1.165, 1.54) is 6.20 Å². The molecular formula is C18H20N6O4S. The first-order valence-corrected chi connectivity index (χ1v) is 10.4. The van der Waals surface area contributed by atoms with Crippen LogP contribution >= 0.6 is 0 Å². The number of pyridine rings is 1. The number of hydrogen-bond acceptors (Lipinski definition) is 7. The summed E-state index contributed by atoms with van der Waals surface area (Å²) in [5.74, 6) is -1.06. The third-order valence-corrected chi connectivity index (χ3v) is 4.52. The molecular weight excluding hydrogens is 396 g/mol. The van der Waals surface area contributed by atoms with Crippen LogP contribution in [0.2, 0.25) is 0 Å². The summed E-state index contributed by atoms with van der Waals surface area (Å²) in [6.45, 7) is 0. The molecule has 0 radical (unpaired) electrons. The van der Waals surface area contributed by atoms with Crippen molar-refractivity contribution in [2.75, 3.05) is 6.26 Å². The second-order valence-corrected chi connectivity index (χ2v) is 8.08. The molecule has 1 fully saturated rings. The van der Waals surface area contributed by atoms with E-state index in [-0.39, 0.29) is 17.4 Å². The van der Waals surface area contributed by atoms with Crippen LogP contribution in [0.3, 0.4) is 0 Å². The number of carbonyl (C=O) groups is 1. The Labute approximate surface area is 167 Å². The molecule has 1 aliphatic rings. The van der Waals surface area contributed by atoms with Gasteiger partial charge in [0.25, 0.3) is 0 Å². The van der Waals surface area contributed by atoms with Crippen LogP contribution < -0.4 is 11.5 Å². The fourth-order valence-corrected chi connectivity index (χ4v) is 3.28. The number of rotatable bonds is 4. The third-order valence-electron chi connectivity index (χ3n) is 4.07. The van der Waals surface area contributed by atoms with Crippen molar-refractivity contribution in [1.82, 2.24) is 14.8 Å². The van der Waals surface area contributed by atoms with Crippen LogP contribution in [0.25, 0.3) is 16.6 Å². The van der Waals surface area contributed by atoms with Gasteiger partial charge in [-0.3, -0.25) is 10.4 Å². The molecule has 0 bridgehead atoms. The van der Waals surface area contributed by atoms with Crippen molar-refractivity contribution in [3.05, 3.63) is 54.0 Å². The summed E-state index contributed by atoms with van der Waals surface area (Å²) in [6.07, 6.45) is 5.78. The molecule has 29 heavy (non-hydrogen) atoms. The minimum Gasteiger partial charge on any atom is -0.370 e. The molecule has 0 atom stereocenters. The Kier molecular flexibility index (Phi) is 5.50. The van der Waals surface area contributed by atoms with E-state index in [0.29, 0.717) is 5.69 Å². The molecule has 0 spiro atoms. The highest BCUT2D eigenvalue weighted by Gasteiger charge is 2.34. The van der Waals surface area contributed by atoms with Crippen LogP contribution in [0.1, 0.15) is 34.8 Å². The lowest BCUT2D eigenvalue weighted by atomic mass is 10.1. The molecule has 2 heterocycles. The van der Waals surface area contributed by atoms with E-state index in [1.807, 2.05) is 30.3 Å². The van der Waals surface area contributed by atoms with Crippen molar-refractivity contribution in [3.63, 3.8) is 0 Å². The number of fused-ring (bicyclic) bond motifs is 1. The molecule has 2 aromatic heterocycles. The Bertz CT molecular complexity index is 1170. The summed E-state index contributed by atoms with van der Waals surface area (Å²) >= 11 is 0. The molecule has 11 heteroatoms.